The Balaban J connectivity index is 2.69. The minimum Gasteiger partial charge on any atom is -0.329 e. The lowest BCUT2D eigenvalue weighted by Gasteiger charge is -2.23. The number of rotatable bonds is 5. The van der Waals surface area contributed by atoms with Gasteiger partial charge in [0, 0.05) is 25.0 Å². The van der Waals surface area contributed by atoms with Crippen molar-refractivity contribution in [1.82, 2.24) is 9.88 Å². The summed E-state index contributed by atoms with van der Waals surface area (Å²) in [6.45, 7) is 11.6. The number of hydrogen-bond acceptors (Lipinski definition) is 2. The fraction of sp³-hybridized carbons (Fsp3) is 0.357. The molecule has 1 heterocycles. The molecule has 0 unspecified atom stereocenters. The van der Waals surface area contributed by atoms with E-state index in [-0.39, 0.29) is 11.9 Å². The fourth-order valence-corrected chi connectivity index (χ4v) is 1.65. The SMILES string of the molecule is [C-]#[N+]C[C@@H](C)N(CC)C(=O)/C=C/c1ccncc1. The normalized spacial score (nSPS) is 12.1. The first-order valence-electron chi connectivity index (χ1n) is 5.91. The van der Waals surface area contributed by atoms with E-state index in [4.69, 9.17) is 6.57 Å². The zero-order chi connectivity index (χ0) is 13.4. The maximum atomic E-state index is 12.0. The number of carbonyl (C=O) groups is 1. The number of likely N-dealkylation sites (N-methyl/N-ethyl adjacent to an activating group) is 1. The Bertz CT molecular complexity index is 448. The number of carbonyl (C=O) groups excluding carboxylic acids is 1. The van der Waals surface area contributed by atoms with E-state index in [9.17, 15) is 4.79 Å². The Morgan fingerprint density at radius 3 is 2.78 bits per heavy atom. The van der Waals surface area contributed by atoms with Crippen LogP contribution in [0.2, 0.25) is 0 Å². The molecule has 0 aliphatic heterocycles. The monoisotopic (exact) mass is 243 g/mol. The Hall–Kier alpha value is -2.15. The van der Waals surface area contributed by atoms with Gasteiger partial charge < -0.3 is 9.74 Å². The van der Waals surface area contributed by atoms with E-state index in [0.717, 1.165) is 5.56 Å². The van der Waals surface area contributed by atoms with Gasteiger partial charge in [-0.05, 0) is 37.6 Å². The van der Waals surface area contributed by atoms with Crippen LogP contribution in [0.1, 0.15) is 19.4 Å². The molecule has 0 radical (unpaired) electrons. The first kappa shape index (κ1) is 13.9. The number of hydrogen-bond donors (Lipinski definition) is 0. The summed E-state index contributed by atoms with van der Waals surface area (Å²) >= 11 is 0. The van der Waals surface area contributed by atoms with Crippen molar-refractivity contribution in [1.29, 1.82) is 0 Å². The van der Waals surface area contributed by atoms with Gasteiger partial charge in [0.1, 0.15) is 6.04 Å². The molecule has 94 valence electrons. The Labute approximate surface area is 108 Å². The van der Waals surface area contributed by atoms with E-state index in [1.807, 2.05) is 26.0 Å². The molecule has 4 nitrogen and oxygen atoms in total. The van der Waals surface area contributed by atoms with E-state index in [1.54, 1.807) is 29.4 Å². The van der Waals surface area contributed by atoms with Crippen LogP contribution in [0, 0.1) is 6.57 Å². The largest absolute Gasteiger partial charge is 0.329 e. The first-order valence-corrected chi connectivity index (χ1v) is 5.91. The zero-order valence-corrected chi connectivity index (χ0v) is 10.7. The lowest BCUT2D eigenvalue weighted by molar-refractivity contribution is -0.127. The highest BCUT2D eigenvalue weighted by Gasteiger charge is 2.17. The highest BCUT2D eigenvalue weighted by atomic mass is 16.2. The zero-order valence-electron chi connectivity index (χ0n) is 10.7. The van der Waals surface area contributed by atoms with E-state index < -0.39 is 0 Å². The standard InChI is InChI=1S/C14H17N3O/c1-4-17(12(2)11-15-3)14(18)6-5-13-7-9-16-10-8-13/h5-10,12H,4,11H2,1-2H3/b6-5+/t12-/m1/s1. The van der Waals surface area contributed by atoms with Gasteiger partial charge in [-0.25, -0.2) is 6.57 Å². The second-order valence-corrected chi connectivity index (χ2v) is 3.93. The van der Waals surface area contributed by atoms with E-state index in [1.165, 1.54) is 0 Å². The van der Waals surface area contributed by atoms with Crippen molar-refractivity contribution in [2.24, 2.45) is 0 Å². The molecule has 0 spiro atoms. The lowest BCUT2D eigenvalue weighted by Crippen LogP contribution is -2.38. The van der Waals surface area contributed by atoms with Crippen molar-refractivity contribution in [3.63, 3.8) is 0 Å². The maximum absolute atomic E-state index is 12.0. The second kappa shape index (κ2) is 7.23. The van der Waals surface area contributed by atoms with E-state index >= 15 is 0 Å². The van der Waals surface area contributed by atoms with Gasteiger partial charge in [-0.3, -0.25) is 9.78 Å². The third-order valence-corrected chi connectivity index (χ3v) is 2.64. The van der Waals surface area contributed by atoms with Crippen LogP contribution in [0.5, 0.6) is 0 Å². The van der Waals surface area contributed by atoms with Crippen molar-refractivity contribution in [2.45, 2.75) is 19.9 Å². The highest BCUT2D eigenvalue weighted by molar-refractivity contribution is 5.91. The molecule has 1 aromatic rings. The van der Waals surface area contributed by atoms with Gasteiger partial charge in [0.25, 0.3) is 0 Å². The molecule has 0 aromatic carbocycles. The quantitative estimate of drug-likeness (QED) is 0.587. The summed E-state index contributed by atoms with van der Waals surface area (Å²) in [6, 6.07) is 3.62. The van der Waals surface area contributed by atoms with Gasteiger partial charge in [0.05, 0.1) is 0 Å². The molecule has 0 saturated carbocycles. The van der Waals surface area contributed by atoms with Gasteiger partial charge in [-0.15, -0.1) is 0 Å². The summed E-state index contributed by atoms with van der Waals surface area (Å²) in [5.41, 5.74) is 0.937. The smallest absolute Gasteiger partial charge is 0.247 e. The van der Waals surface area contributed by atoms with Crippen molar-refractivity contribution >= 4 is 12.0 Å². The van der Waals surface area contributed by atoms with E-state index in [2.05, 4.69) is 9.83 Å². The predicted molar refractivity (Wildman–Crippen MR) is 71.6 cm³/mol. The average Bonchev–Trinajstić information content (AvgIpc) is 2.39. The van der Waals surface area contributed by atoms with Crippen LogP contribution in [0.15, 0.2) is 30.6 Å². The van der Waals surface area contributed by atoms with Crippen LogP contribution < -0.4 is 0 Å². The van der Waals surface area contributed by atoms with Crippen LogP contribution in [-0.4, -0.2) is 34.9 Å². The molecule has 0 saturated heterocycles. The van der Waals surface area contributed by atoms with E-state index in [0.29, 0.717) is 13.1 Å². The molecule has 4 heteroatoms. The predicted octanol–water partition coefficient (Wildman–Crippen LogP) is 2.25. The number of amides is 1. The molecule has 1 amide bonds. The van der Waals surface area contributed by atoms with Gasteiger partial charge >= 0.3 is 0 Å². The van der Waals surface area contributed by atoms with Crippen LogP contribution in [0.4, 0.5) is 0 Å². The summed E-state index contributed by atoms with van der Waals surface area (Å²) in [7, 11) is 0. The van der Waals surface area contributed by atoms with Crippen molar-refractivity contribution in [3.8, 4) is 0 Å². The third-order valence-electron chi connectivity index (χ3n) is 2.64. The molecule has 0 aliphatic carbocycles. The third kappa shape index (κ3) is 4.02. The molecule has 0 aliphatic rings. The number of aromatic nitrogens is 1. The molecular weight excluding hydrogens is 226 g/mol. The molecule has 0 N–H and O–H groups in total. The number of pyridine rings is 1. The maximum Gasteiger partial charge on any atom is 0.247 e. The molecular formula is C14H17N3O. The fourth-order valence-electron chi connectivity index (χ4n) is 1.65. The van der Waals surface area contributed by atoms with Crippen LogP contribution in [0.25, 0.3) is 10.9 Å². The Morgan fingerprint density at radius 2 is 2.22 bits per heavy atom. The molecule has 1 aromatic heterocycles. The summed E-state index contributed by atoms with van der Waals surface area (Å²) < 4.78 is 0. The van der Waals surface area contributed by atoms with Crippen molar-refractivity contribution < 1.29 is 4.79 Å². The second-order valence-electron chi connectivity index (χ2n) is 3.93. The Morgan fingerprint density at radius 1 is 1.56 bits per heavy atom. The molecule has 18 heavy (non-hydrogen) atoms. The minimum absolute atomic E-state index is 0.0536. The van der Waals surface area contributed by atoms with Crippen molar-refractivity contribution in [2.75, 3.05) is 13.1 Å². The van der Waals surface area contributed by atoms with Crippen molar-refractivity contribution in [3.05, 3.63) is 47.6 Å². The first-order chi connectivity index (χ1) is 8.69. The molecule has 1 atom stereocenters. The topological polar surface area (TPSA) is 37.6 Å². The van der Waals surface area contributed by atoms with Gasteiger partial charge in [-0.2, -0.15) is 0 Å². The summed E-state index contributed by atoms with van der Waals surface area (Å²) in [5, 5.41) is 0. The average molecular weight is 243 g/mol. The summed E-state index contributed by atoms with van der Waals surface area (Å²) in [5.74, 6) is -0.0644. The lowest BCUT2D eigenvalue weighted by atomic mass is 10.2. The van der Waals surface area contributed by atoms with Crippen LogP contribution in [-0.2, 0) is 4.79 Å². The Kier molecular flexibility index (Phi) is 5.59. The summed E-state index contributed by atoms with van der Waals surface area (Å²) in [6.07, 6.45) is 6.67. The molecule has 0 bridgehead atoms. The van der Waals surface area contributed by atoms with Gasteiger partial charge in [0.15, 0.2) is 0 Å². The highest BCUT2D eigenvalue weighted by Crippen LogP contribution is 2.04. The molecule has 0 fully saturated rings. The number of nitrogens with zero attached hydrogens (tertiary/aromatic N) is 3. The summed E-state index contributed by atoms with van der Waals surface area (Å²) in [4.78, 5) is 20.9. The van der Waals surface area contributed by atoms with Crippen LogP contribution in [0.3, 0.4) is 0 Å². The minimum atomic E-state index is -0.0644. The van der Waals surface area contributed by atoms with Gasteiger partial charge in [-0.1, -0.05) is 0 Å². The van der Waals surface area contributed by atoms with Crippen LogP contribution >= 0.6 is 0 Å². The molecule has 1 rings (SSSR count). The van der Waals surface area contributed by atoms with Gasteiger partial charge in [0.2, 0.25) is 12.5 Å².